The number of para-hydroxylation sites is 1. The molecule has 6 nitrogen and oxygen atoms in total. The number of anilines is 1. The Hall–Kier alpha value is -1.26. The van der Waals surface area contributed by atoms with E-state index in [1.807, 2.05) is 11.8 Å². The predicted octanol–water partition coefficient (Wildman–Crippen LogP) is 2.78. The van der Waals surface area contributed by atoms with Crippen LogP contribution in [0, 0.1) is 6.92 Å². The van der Waals surface area contributed by atoms with E-state index in [0.717, 1.165) is 56.5 Å². The van der Waals surface area contributed by atoms with Crippen molar-refractivity contribution in [3.8, 4) is 5.69 Å². The molecular weight excluding hydrogens is 456 g/mol. The van der Waals surface area contributed by atoms with Crippen LogP contribution in [-0.2, 0) is 0 Å². The van der Waals surface area contributed by atoms with Gasteiger partial charge in [-0.2, -0.15) is 32.1 Å². The zero-order valence-corrected chi connectivity index (χ0v) is 21.7. The average Bonchev–Trinajstić information content (AvgIpc) is 3.55. The molecule has 0 unspecified atom stereocenters. The highest BCUT2D eigenvalue weighted by Gasteiger charge is 2.34. The van der Waals surface area contributed by atoms with Crippen molar-refractivity contribution in [2.75, 3.05) is 55.8 Å². The summed E-state index contributed by atoms with van der Waals surface area (Å²) in [6.45, 7) is 13.0. The molecule has 5 rings (SSSR count). The first-order valence-corrected chi connectivity index (χ1v) is 12.2. The number of hydrogen-bond acceptors (Lipinski definition) is 6. The van der Waals surface area contributed by atoms with Crippen LogP contribution in [0.15, 0.2) is 48.7 Å². The minimum atomic E-state index is 0. The zero-order chi connectivity index (χ0) is 20.5. The van der Waals surface area contributed by atoms with Crippen LogP contribution in [0.25, 0.3) is 5.69 Å². The van der Waals surface area contributed by atoms with Crippen molar-refractivity contribution in [3.63, 3.8) is 0 Å². The summed E-state index contributed by atoms with van der Waals surface area (Å²) in [5.74, 6) is 3.55. The molecule has 4 heterocycles. The van der Waals surface area contributed by atoms with Gasteiger partial charge in [-0.25, -0.2) is 4.68 Å². The van der Waals surface area contributed by atoms with Crippen molar-refractivity contribution in [3.05, 3.63) is 54.4 Å². The first-order chi connectivity index (χ1) is 14.7. The Kier molecular flexibility index (Phi) is 8.91. The smallest absolute Gasteiger partial charge is 0.132 e. The molecule has 0 spiro atoms. The summed E-state index contributed by atoms with van der Waals surface area (Å²) in [6, 6.07) is 13.7. The molecule has 3 fully saturated rings. The van der Waals surface area contributed by atoms with Crippen molar-refractivity contribution in [2.45, 2.75) is 25.4 Å². The van der Waals surface area contributed by atoms with Crippen LogP contribution in [0.4, 0.5) is 5.82 Å². The van der Waals surface area contributed by atoms with Crippen molar-refractivity contribution < 1.29 is 0 Å². The molecule has 0 radical (unpaired) electrons. The molecule has 2 atom stereocenters. The van der Waals surface area contributed by atoms with Gasteiger partial charge in [0.15, 0.2) is 0 Å². The molecule has 3 saturated heterocycles. The molecule has 3 aliphatic rings. The Morgan fingerprint density at radius 1 is 1.09 bits per heavy atom. The molecule has 0 bridgehead atoms. The van der Waals surface area contributed by atoms with Crippen LogP contribution >= 0.6 is 38.8 Å². The van der Waals surface area contributed by atoms with Gasteiger partial charge in [0.05, 0.1) is 17.3 Å². The van der Waals surface area contributed by atoms with Crippen LogP contribution in [-0.4, -0.2) is 82.6 Å². The van der Waals surface area contributed by atoms with E-state index in [2.05, 4.69) is 74.6 Å². The number of piperazine rings is 1. The van der Waals surface area contributed by atoms with E-state index >= 15 is 0 Å². The number of rotatable bonds is 5. The van der Waals surface area contributed by atoms with Gasteiger partial charge in [0.2, 0.25) is 0 Å². The highest BCUT2D eigenvalue weighted by atomic mass is 32.2. The largest absolute Gasteiger partial charge is 0.364 e. The molecule has 32 heavy (non-hydrogen) atoms. The molecular formula is C23H36N6S3. The number of aryl methyl sites for hydroxylation is 1. The molecule has 9 heteroatoms. The molecule has 0 aliphatic carbocycles. The first kappa shape index (κ1) is 25.4. The third-order valence-corrected chi connectivity index (χ3v) is 7.60. The van der Waals surface area contributed by atoms with Crippen molar-refractivity contribution >= 4 is 44.6 Å². The van der Waals surface area contributed by atoms with Gasteiger partial charge in [-0.15, -0.1) is 11.8 Å². The summed E-state index contributed by atoms with van der Waals surface area (Å²) in [5, 5.41) is 8.49. The second kappa shape index (κ2) is 11.2. The fourth-order valence-corrected chi connectivity index (χ4v) is 5.89. The topological polar surface area (TPSA) is 39.6 Å². The molecule has 0 amide bonds. The number of hydrogen-bond donors (Lipinski definition) is 1. The van der Waals surface area contributed by atoms with Crippen LogP contribution in [0.2, 0.25) is 0 Å². The van der Waals surface area contributed by atoms with Crippen LogP contribution in [0.3, 0.4) is 0 Å². The number of nitrogens with one attached hydrogen (secondary N) is 1. The average molecular weight is 493 g/mol. The highest BCUT2D eigenvalue weighted by Crippen LogP contribution is 2.27. The quantitative estimate of drug-likeness (QED) is 0.692. The molecule has 3 aliphatic heterocycles. The summed E-state index contributed by atoms with van der Waals surface area (Å²) in [6.07, 6.45) is 1.18. The maximum absolute atomic E-state index is 4.75. The number of benzene rings is 1. The van der Waals surface area contributed by atoms with Crippen molar-refractivity contribution in [2.24, 2.45) is 0 Å². The first-order valence-electron chi connectivity index (χ1n) is 11.0. The standard InChI is InChI=1S/C23H32N6S.2H2S/c1-18-14-23(29(25-18)20-6-4-3-5-7-20)27-10-8-26(9-11-27)21-15-22(24-16-21)19(2)28-12-13-30-17-28;;/h3-7,14,21-22,24H,2,8-13,15-17H2,1H3;2*1H2/t21-,22-;;/m0../s1. The van der Waals surface area contributed by atoms with Gasteiger partial charge in [-0.05, 0) is 25.5 Å². The van der Waals surface area contributed by atoms with E-state index in [0.29, 0.717) is 12.1 Å². The summed E-state index contributed by atoms with van der Waals surface area (Å²) in [4.78, 5) is 7.62. The fourth-order valence-electron chi connectivity index (χ4n) is 4.90. The van der Waals surface area contributed by atoms with Crippen molar-refractivity contribution in [1.82, 2.24) is 24.9 Å². The van der Waals surface area contributed by atoms with Crippen molar-refractivity contribution in [1.29, 1.82) is 0 Å². The van der Waals surface area contributed by atoms with E-state index in [4.69, 9.17) is 5.10 Å². The lowest BCUT2D eigenvalue weighted by molar-refractivity contribution is 0.194. The third-order valence-electron chi connectivity index (χ3n) is 6.64. The predicted molar refractivity (Wildman–Crippen MR) is 146 cm³/mol. The van der Waals surface area contributed by atoms with E-state index in [9.17, 15) is 0 Å². The lowest BCUT2D eigenvalue weighted by Gasteiger charge is -2.39. The molecule has 176 valence electrons. The summed E-state index contributed by atoms with van der Waals surface area (Å²) < 4.78 is 2.09. The lowest BCUT2D eigenvalue weighted by Crippen LogP contribution is -2.51. The van der Waals surface area contributed by atoms with Gasteiger partial charge in [-0.1, -0.05) is 24.8 Å². The second-order valence-electron chi connectivity index (χ2n) is 8.56. The number of aromatic nitrogens is 2. The van der Waals surface area contributed by atoms with E-state index in [-0.39, 0.29) is 27.0 Å². The Morgan fingerprint density at radius 2 is 1.84 bits per heavy atom. The SMILES string of the molecule is C=C([C@@H]1C[C@H](N2CCN(c3cc(C)nn3-c3ccccc3)CC2)CN1)N1CCSC1.S.S. The normalized spacial score (nSPS) is 23.7. The maximum Gasteiger partial charge on any atom is 0.132 e. The van der Waals surface area contributed by atoms with Gasteiger partial charge in [-0.3, -0.25) is 4.90 Å². The summed E-state index contributed by atoms with van der Waals surface area (Å²) in [7, 11) is 0. The third kappa shape index (κ3) is 5.28. The Labute approximate surface area is 210 Å². The lowest BCUT2D eigenvalue weighted by atomic mass is 10.1. The second-order valence-corrected chi connectivity index (χ2v) is 9.63. The minimum Gasteiger partial charge on any atom is -0.364 e. The highest BCUT2D eigenvalue weighted by molar-refractivity contribution is 7.99. The Morgan fingerprint density at radius 3 is 2.53 bits per heavy atom. The zero-order valence-electron chi connectivity index (χ0n) is 18.8. The number of nitrogens with zero attached hydrogens (tertiary/aromatic N) is 5. The van der Waals surface area contributed by atoms with Crippen LogP contribution in [0.1, 0.15) is 12.1 Å². The van der Waals surface area contributed by atoms with E-state index in [1.165, 1.54) is 23.7 Å². The number of thioether (sulfide) groups is 1. The monoisotopic (exact) mass is 492 g/mol. The van der Waals surface area contributed by atoms with Gasteiger partial charge >= 0.3 is 0 Å². The van der Waals surface area contributed by atoms with Crippen LogP contribution < -0.4 is 10.2 Å². The molecule has 1 N–H and O–H groups in total. The fraction of sp³-hybridized carbons (Fsp3) is 0.522. The van der Waals surface area contributed by atoms with E-state index in [1.54, 1.807) is 0 Å². The molecule has 2 aromatic rings. The van der Waals surface area contributed by atoms with Gasteiger partial charge < -0.3 is 15.1 Å². The van der Waals surface area contributed by atoms with Gasteiger partial charge in [0.1, 0.15) is 5.82 Å². The minimum absolute atomic E-state index is 0. The molecule has 1 aromatic heterocycles. The van der Waals surface area contributed by atoms with Gasteiger partial charge in [0.25, 0.3) is 0 Å². The van der Waals surface area contributed by atoms with E-state index < -0.39 is 0 Å². The Balaban J connectivity index is 0.00000144. The van der Waals surface area contributed by atoms with Crippen LogP contribution in [0.5, 0.6) is 0 Å². The van der Waals surface area contributed by atoms with Gasteiger partial charge in [0, 0.05) is 68.9 Å². The summed E-state index contributed by atoms with van der Waals surface area (Å²) in [5.41, 5.74) is 3.49. The Bertz CT molecular complexity index is 875. The molecule has 1 aromatic carbocycles. The summed E-state index contributed by atoms with van der Waals surface area (Å²) >= 11 is 2.01. The molecule has 0 saturated carbocycles. The maximum atomic E-state index is 4.75.